The summed E-state index contributed by atoms with van der Waals surface area (Å²) in [6, 6.07) is 11.3. The number of rotatable bonds is 7. The minimum atomic E-state index is -0.262. The van der Waals surface area contributed by atoms with Crippen LogP contribution in [-0.2, 0) is 6.54 Å². The number of aryl methyl sites for hydroxylation is 1. The molecule has 0 aliphatic rings. The van der Waals surface area contributed by atoms with Crippen molar-refractivity contribution < 1.29 is 9.53 Å². The number of hydrogen-bond donors (Lipinski definition) is 2. The Morgan fingerprint density at radius 2 is 2.04 bits per heavy atom. The first-order valence-electron chi connectivity index (χ1n) is 8.94. The second-order valence-corrected chi connectivity index (χ2v) is 7.00. The van der Waals surface area contributed by atoms with Gasteiger partial charge in [0.05, 0.1) is 24.5 Å². The Bertz CT molecular complexity index is 903. The first-order valence-corrected chi connectivity index (χ1v) is 9.82. The number of carbonyl (C=O) groups excluding carboxylic acids is 1. The molecule has 0 atom stereocenters. The quantitative estimate of drug-likeness (QED) is 0.632. The average Bonchev–Trinajstić information content (AvgIpc) is 3.25. The molecule has 0 saturated carbocycles. The summed E-state index contributed by atoms with van der Waals surface area (Å²) in [5.41, 5.74) is 3.95. The summed E-state index contributed by atoms with van der Waals surface area (Å²) in [4.78, 5) is 13.4. The number of hydrogen-bond acceptors (Lipinski definition) is 4. The molecule has 6 nitrogen and oxygen atoms in total. The fraction of sp³-hybridized carbons (Fsp3) is 0.300. The third-order valence-corrected chi connectivity index (χ3v) is 5.08. The van der Waals surface area contributed by atoms with Gasteiger partial charge in [0.1, 0.15) is 5.75 Å². The Kier molecular flexibility index (Phi) is 6.13. The number of benzene rings is 1. The predicted molar refractivity (Wildman–Crippen MR) is 110 cm³/mol. The lowest BCUT2D eigenvalue weighted by molar-refractivity contribution is 0.251. The van der Waals surface area contributed by atoms with E-state index in [-0.39, 0.29) is 6.03 Å². The van der Waals surface area contributed by atoms with Crippen molar-refractivity contribution in [3.8, 4) is 16.2 Å². The van der Waals surface area contributed by atoms with Crippen molar-refractivity contribution >= 4 is 23.1 Å². The molecule has 2 aromatic heterocycles. The van der Waals surface area contributed by atoms with Crippen LogP contribution in [0.25, 0.3) is 10.4 Å². The number of ether oxygens (including phenoxy) is 1. The van der Waals surface area contributed by atoms with Gasteiger partial charge in [0, 0.05) is 22.7 Å². The lowest BCUT2D eigenvalue weighted by Gasteiger charge is -2.12. The molecular formula is C20H24N4O2S. The van der Waals surface area contributed by atoms with E-state index in [4.69, 9.17) is 4.74 Å². The number of nitrogens with one attached hydrogen (secondary N) is 2. The predicted octanol–water partition coefficient (Wildman–Crippen LogP) is 4.45. The Balaban J connectivity index is 1.58. The second-order valence-electron chi connectivity index (χ2n) is 6.06. The number of anilines is 1. The highest BCUT2D eigenvalue weighted by molar-refractivity contribution is 7.13. The summed E-state index contributed by atoms with van der Waals surface area (Å²) in [7, 11) is 0. The van der Waals surface area contributed by atoms with Gasteiger partial charge in [-0.25, -0.2) is 4.79 Å². The van der Waals surface area contributed by atoms with E-state index in [0.29, 0.717) is 31.1 Å². The minimum absolute atomic E-state index is 0.262. The zero-order valence-corrected chi connectivity index (χ0v) is 16.6. The third kappa shape index (κ3) is 4.49. The van der Waals surface area contributed by atoms with Gasteiger partial charge < -0.3 is 15.4 Å². The molecule has 0 radical (unpaired) electrons. The lowest BCUT2D eigenvalue weighted by atomic mass is 10.1. The molecule has 0 fully saturated rings. The molecule has 0 unspecified atom stereocenters. The van der Waals surface area contributed by atoms with Crippen molar-refractivity contribution in [3.63, 3.8) is 0 Å². The van der Waals surface area contributed by atoms with E-state index in [0.717, 1.165) is 11.4 Å². The topological polar surface area (TPSA) is 68.2 Å². The molecule has 2 amide bonds. The van der Waals surface area contributed by atoms with E-state index in [1.165, 1.54) is 10.4 Å². The zero-order chi connectivity index (χ0) is 19.2. The summed E-state index contributed by atoms with van der Waals surface area (Å²) >= 11 is 1.71. The Morgan fingerprint density at radius 3 is 2.78 bits per heavy atom. The van der Waals surface area contributed by atoms with Crippen LogP contribution in [0.1, 0.15) is 18.3 Å². The molecule has 27 heavy (non-hydrogen) atoms. The van der Waals surface area contributed by atoms with Gasteiger partial charge in [0.15, 0.2) is 0 Å². The number of para-hydroxylation sites is 2. The van der Waals surface area contributed by atoms with Crippen LogP contribution in [0.2, 0.25) is 0 Å². The van der Waals surface area contributed by atoms with E-state index in [9.17, 15) is 4.79 Å². The molecule has 1 aromatic carbocycles. The van der Waals surface area contributed by atoms with Crippen LogP contribution in [0.3, 0.4) is 0 Å². The number of carbonyl (C=O) groups is 1. The van der Waals surface area contributed by atoms with Gasteiger partial charge in [-0.3, -0.25) is 4.68 Å². The van der Waals surface area contributed by atoms with E-state index >= 15 is 0 Å². The van der Waals surface area contributed by atoms with Crippen molar-refractivity contribution in [1.29, 1.82) is 0 Å². The maximum absolute atomic E-state index is 12.2. The molecule has 2 N–H and O–H groups in total. The number of urea groups is 1. The third-order valence-electron chi connectivity index (χ3n) is 4.19. The summed E-state index contributed by atoms with van der Waals surface area (Å²) in [6.45, 7) is 7.63. The molecule has 0 bridgehead atoms. The van der Waals surface area contributed by atoms with Crippen molar-refractivity contribution in [1.82, 2.24) is 15.1 Å². The summed E-state index contributed by atoms with van der Waals surface area (Å²) in [5, 5.41) is 12.4. The Hall–Kier alpha value is -2.80. The van der Waals surface area contributed by atoms with E-state index < -0.39 is 0 Å². The van der Waals surface area contributed by atoms with Crippen molar-refractivity contribution in [3.05, 3.63) is 53.2 Å². The van der Waals surface area contributed by atoms with Gasteiger partial charge in [-0.15, -0.1) is 11.3 Å². The van der Waals surface area contributed by atoms with Crippen LogP contribution >= 0.6 is 11.3 Å². The molecule has 3 aromatic rings. The van der Waals surface area contributed by atoms with Gasteiger partial charge >= 0.3 is 6.03 Å². The number of aromatic nitrogens is 2. The summed E-state index contributed by atoms with van der Waals surface area (Å²) in [6.07, 6.45) is 0. The van der Waals surface area contributed by atoms with Crippen LogP contribution in [0.15, 0.2) is 41.8 Å². The molecule has 3 rings (SSSR count). The highest BCUT2D eigenvalue weighted by Gasteiger charge is 2.14. The molecule has 142 valence electrons. The van der Waals surface area contributed by atoms with E-state index in [2.05, 4.69) is 34.1 Å². The van der Waals surface area contributed by atoms with Crippen LogP contribution in [0.4, 0.5) is 10.5 Å². The smallest absolute Gasteiger partial charge is 0.319 e. The number of nitrogens with zero attached hydrogens (tertiary/aromatic N) is 2. The van der Waals surface area contributed by atoms with Gasteiger partial charge in [0.25, 0.3) is 0 Å². The molecule has 7 heteroatoms. The standard InChI is InChI=1S/C20H24N4O2S/c1-4-26-17-9-6-5-8-16(17)22-20(25)21-11-12-24-15(3)19(14(2)23-24)18-10-7-13-27-18/h5-10,13H,4,11-12H2,1-3H3,(H2,21,22,25). The normalized spacial score (nSPS) is 10.6. The molecule has 0 spiro atoms. The first kappa shape index (κ1) is 19.0. The maximum Gasteiger partial charge on any atom is 0.319 e. The van der Waals surface area contributed by atoms with Gasteiger partial charge in [-0.2, -0.15) is 5.10 Å². The van der Waals surface area contributed by atoms with E-state index in [1.807, 2.05) is 48.9 Å². The van der Waals surface area contributed by atoms with Crippen LogP contribution in [0.5, 0.6) is 5.75 Å². The molecule has 2 heterocycles. The first-order chi connectivity index (χ1) is 13.1. The van der Waals surface area contributed by atoms with Crippen molar-refractivity contribution in [2.75, 3.05) is 18.5 Å². The SMILES string of the molecule is CCOc1ccccc1NC(=O)NCCn1nc(C)c(-c2cccs2)c1C. The van der Waals surface area contributed by atoms with Crippen LogP contribution in [-0.4, -0.2) is 29.0 Å². The molecular weight excluding hydrogens is 360 g/mol. The second kappa shape index (κ2) is 8.73. The minimum Gasteiger partial charge on any atom is -0.492 e. The molecule has 0 aliphatic carbocycles. The highest BCUT2D eigenvalue weighted by Crippen LogP contribution is 2.30. The van der Waals surface area contributed by atoms with Gasteiger partial charge in [-0.1, -0.05) is 18.2 Å². The largest absolute Gasteiger partial charge is 0.492 e. The fourth-order valence-corrected chi connectivity index (χ4v) is 3.86. The van der Waals surface area contributed by atoms with Gasteiger partial charge in [0.2, 0.25) is 0 Å². The Labute approximate surface area is 163 Å². The number of amides is 2. The van der Waals surface area contributed by atoms with Crippen molar-refractivity contribution in [2.24, 2.45) is 0 Å². The summed E-state index contributed by atoms with van der Waals surface area (Å²) < 4.78 is 7.47. The van der Waals surface area contributed by atoms with Crippen LogP contribution in [0, 0.1) is 13.8 Å². The Morgan fingerprint density at radius 1 is 1.22 bits per heavy atom. The molecule has 0 saturated heterocycles. The zero-order valence-electron chi connectivity index (χ0n) is 15.8. The summed E-state index contributed by atoms with van der Waals surface area (Å²) in [5.74, 6) is 0.661. The van der Waals surface area contributed by atoms with Gasteiger partial charge in [-0.05, 0) is 44.4 Å². The highest BCUT2D eigenvalue weighted by atomic mass is 32.1. The monoisotopic (exact) mass is 384 g/mol. The number of thiophene rings is 1. The van der Waals surface area contributed by atoms with E-state index in [1.54, 1.807) is 11.3 Å². The van der Waals surface area contributed by atoms with Crippen LogP contribution < -0.4 is 15.4 Å². The fourth-order valence-electron chi connectivity index (χ4n) is 2.99. The molecule has 0 aliphatic heterocycles. The average molecular weight is 385 g/mol. The van der Waals surface area contributed by atoms with Crippen molar-refractivity contribution in [2.45, 2.75) is 27.3 Å². The maximum atomic E-state index is 12.2. The lowest BCUT2D eigenvalue weighted by Crippen LogP contribution is -2.32.